The molecule has 4 nitrogen and oxygen atoms in total. The summed E-state index contributed by atoms with van der Waals surface area (Å²) in [7, 11) is 0. The maximum atomic E-state index is 13.7. The molecule has 0 saturated heterocycles. The van der Waals surface area contributed by atoms with Crippen LogP contribution in [0.25, 0.3) is 11.8 Å². The second-order valence-corrected chi connectivity index (χ2v) is 10.3. The third kappa shape index (κ3) is 3.45. The molecule has 0 bridgehead atoms. The number of phenols is 1. The fourth-order valence-electron chi connectivity index (χ4n) is 4.86. The molecule has 2 aliphatic rings. The van der Waals surface area contributed by atoms with Gasteiger partial charge in [0.2, 0.25) is 0 Å². The quantitative estimate of drug-likeness (QED) is 0.429. The Balaban J connectivity index is 1.62. The van der Waals surface area contributed by atoms with E-state index in [0.717, 1.165) is 29.7 Å². The number of benzene rings is 3. The molecule has 0 radical (unpaired) electrons. The zero-order chi connectivity index (χ0) is 23.2. The number of aromatic hydroxyl groups is 1. The topological polar surface area (TPSA) is 54.6 Å². The molecule has 0 fully saturated rings. The standard InChI is InChI=1S/C28H22N2O2S2/c1-33-20-13-10-18(11-14-20)26-22-15-12-17-6-2-4-8-21(17)25(22)29-28-30(26)27(32)24(34-28)16-19-7-3-5-9-23(19)31/h2-11,13-14,16,26,31H,12,15H2,1H3/b24-16-. The van der Waals surface area contributed by atoms with Crippen molar-refractivity contribution in [2.24, 2.45) is 4.99 Å². The Kier molecular flexibility index (Phi) is 5.27. The number of fused-ring (bicyclic) bond motifs is 3. The van der Waals surface area contributed by atoms with Crippen molar-refractivity contribution in [3.63, 3.8) is 0 Å². The van der Waals surface area contributed by atoms with E-state index in [1.807, 2.05) is 16.7 Å². The van der Waals surface area contributed by atoms with Crippen LogP contribution < -0.4 is 14.9 Å². The summed E-state index contributed by atoms with van der Waals surface area (Å²) in [6.45, 7) is 0. The highest BCUT2D eigenvalue weighted by Crippen LogP contribution is 2.41. The first kappa shape index (κ1) is 21.2. The van der Waals surface area contributed by atoms with E-state index < -0.39 is 0 Å². The molecule has 6 heteroatoms. The summed E-state index contributed by atoms with van der Waals surface area (Å²) in [5.74, 6) is 0.158. The van der Waals surface area contributed by atoms with Crippen LogP contribution in [0.5, 0.6) is 5.75 Å². The van der Waals surface area contributed by atoms with Crippen molar-refractivity contribution in [3.8, 4) is 5.75 Å². The van der Waals surface area contributed by atoms with Crippen molar-refractivity contribution in [1.29, 1.82) is 0 Å². The van der Waals surface area contributed by atoms with Gasteiger partial charge in [-0.25, -0.2) is 4.99 Å². The van der Waals surface area contributed by atoms with Crippen molar-refractivity contribution in [2.75, 3.05) is 6.26 Å². The van der Waals surface area contributed by atoms with Crippen LogP contribution >= 0.6 is 23.1 Å². The van der Waals surface area contributed by atoms with Gasteiger partial charge < -0.3 is 5.11 Å². The molecule has 6 rings (SSSR count). The summed E-state index contributed by atoms with van der Waals surface area (Å²) in [6, 6.07) is 23.8. The van der Waals surface area contributed by atoms with Gasteiger partial charge in [-0.1, -0.05) is 65.9 Å². The zero-order valence-corrected chi connectivity index (χ0v) is 20.2. The molecule has 1 aromatic heterocycles. The van der Waals surface area contributed by atoms with Crippen molar-refractivity contribution >= 4 is 34.9 Å². The molecule has 1 unspecified atom stereocenters. The van der Waals surface area contributed by atoms with E-state index in [-0.39, 0.29) is 17.4 Å². The van der Waals surface area contributed by atoms with Crippen LogP contribution in [-0.2, 0) is 6.42 Å². The number of nitrogens with zero attached hydrogens (tertiary/aromatic N) is 2. The molecule has 1 aliphatic heterocycles. The summed E-state index contributed by atoms with van der Waals surface area (Å²) in [6.07, 6.45) is 5.64. The molecular weight excluding hydrogens is 460 g/mol. The Morgan fingerprint density at radius 3 is 2.59 bits per heavy atom. The van der Waals surface area contributed by atoms with E-state index in [9.17, 15) is 9.90 Å². The second-order valence-electron chi connectivity index (χ2n) is 8.45. The van der Waals surface area contributed by atoms with Gasteiger partial charge in [0.15, 0.2) is 4.80 Å². The molecule has 0 spiro atoms. The van der Waals surface area contributed by atoms with Gasteiger partial charge in [-0.2, -0.15) is 0 Å². The van der Waals surface area contributed by atoms with Gasteiger partial charge in [0, 0.05) is 16.0 Å². The van der Waals surface area contributed by atoms with E-state index in [4.69, 9.17) is 4.99 Å². The molecule has 1 aliphatic carbocycles. The summed E-state index contributed by atoms with van der Waals surface area (Å²) in [4.78, 5) is 20.7. The molecule has 1 N–H and O–H groups in total. The Hall–Kier alpha value is -3.35. The molecule has 2 heterocycles. The van der Waals surface area contributed by atoms with Crippen molar-refractivity contribution in [1.82, 2.24) is 4.57 Å². The van der Waals surface area contributed by atoms with Gasteiger partial charge in [-0.15, -0.1) is 11.8 Å². The number of thioether (sulfide) groups is 1. The molecule has 34 heavy (non-hydrogen) atoms. The van der Waals surface area contributed by atoms with Gasteiger partial charge in [0.1, 0.15) is 5.75 Å². The Bertz CT molecular complexity index is 1630. The highest BCUT2D eigenvalue weighted by atomic mass is 32.2. The Morgan fingerprint density at radius 2 is 1.79 bits per heavy atom. The number of rotatable bonds is 3. The predicted molar refractivity (Wildman–Crippen MR) is 139 cm³/mol. The number of aryl methyl sites for hydroxylation is 1. The first-order chi connectivity index (χ1) is 16.6. The lowest BCUT2D eigenvalue weighted by Gasteiger charge is -2.30. The largest absolute Gasteiger partial charge is 0.507 e. The fraction of sp³-hybridized carbons (Fsp3) is 0.143. The lowest BCUT2D eigenvalue weighted by Crippen LogP contribution is -2.38. The molecule has 168 valence electrons. The van der Waals surface area contributed by atoms with Crippen LogP contribution in [0, 0.1) is 0 Å². The number of aromatic nitrogens is 1. The van der Waals surface area contributed by atoms with Gasteiger partial charge in [0.05, 0.1) is 16.3 Å². The molecule has 0 amide bonds. The normalized spacial score (nSPS) is 17.1. The first-order valence-corrected chi connectivity index (χ1v) is 13.2. The van der Waals surface area contributed by atoms with E-state index in [1.54, 1.807) is 30.0 Å². The third-order valence-corrected chi connectivity index (χ3v) is 8.25. The molecule has 3 aromatic carbocycles. The van der Waals surface area contributed by atoms with Crippen molar-refractivity contribution < 1.29 is 5.11 Å². The smallest absolute Gasteiger partial charge is 0.271 e. The van der Waals surface area contributed by atoms with E-state index in [2.05, 4.69) is 54.8 Å². The maximum Gasteiger partial charge on any atom is 0.271 e. The van der Waals surface area contributed by atoms with E-state index >= 15 is 0 Å². The lowest BCUT2D eigenvalue weighted by atomic mass is 9.83. The van der Waals surface area contributed by atoms with Gasteiger partial charge in [0.25, 0.3) is 5.56 Å². The minimum atomic E-state index is -0.193. The molecular formula is C28H22N2O2S2. The predicted octanol–water partition coefficient (Wildman–Crippen LogP) is 4.75. The van der Waals surface area contributed by atoms with Crippen LogP contribution in [-0.4, -0.2) is 15.9 Å². The SMILES string of the molecule is CSc1ccc(C2C3=C(N=c4s/c(=C\c5ccccc5O)c(=O)n42)c2ccccc2CC3)cc1. The third-order valence-electron chi connectivity index (χ3n) is 6.53. The van der Waals surface area contributed by atoms with Crippen LogP contribution in [0.4, 0.5) is 0 Å². The summed E-state index contributed by atoms with van der Waals surface area (Å²) < 4.78 is 2.41. The zero-order valence-electron chi connectivity index (χ0n) is 18.6. The number of hydrogen-bond acceptors (Lipinski definition) is 5. The minimum absolute atomic E-state index is 0.0728. The Morgan fingerprint density at radius 1 is 1.03 bits per heavy atom. The van der Waals surface area contributed by atoms with Gasteiger partial charge >= 0.3 is 0 Å². The average molecular weight is 483 g/mol. The second kappa shape index (κ2) is 8.46. The van der Waals surface area contributed by atoms with Crippen molar-refractivity contribution in [3.05, 3.63) is 120 Å². The highest BCUT2D eigenvalue weighted by molar-refractivity contribution is 7.98. The monoisotopic (exact) mass is 482 g/mol. The summed E-state index contributed by atoms with van der Waals surface area (Å²) in [5.41, 5.74) is 6.30. The number of hydrogen-bond donors (Lipinski definition) is 1. The number of allylic oxidation sites excluding steroid dienone is 1. The van der Waals surface area contributed by atoms with Crippen LogP contribution in [0.15, 0.2) is 93.1 Å². The first-order valence-electron chi connectivity index (χ1n) is 11.2. The Labute approximate surface area is 205 Å². The molecule has 4 aromatic rings. The summed E-state index contributed by atoms with van der Waals surface area (Å²) >= 11 is 3.09. The maximum absolute atomic E-state index is 13.7. The minimum Gasteiger partial charge on any atom is -0.507 e. The van der Waals surface area contributed by atoms with Crippen molar-refractivity contribution in [2.45, 2.75) is 23.8 Å². The van der Waals surface area contributed by atoms with E-state index in [0.29, 0.717) is 14.9 Å². The van der Waals surface area contributed by atoms with Gasteiger partial charge in [-0.3, -0.25) is 9.36 Å². The van der Waals surface area contributed by atoms with Gasteiger partial charge in [-0.05, 0) is 60.1 Å². The van der Waals surface area contributed by atoms with Crippen LogP contribution in [0.1, 0.15) is 34.7 Å². The number of para-hydroxylation sites is 1. The number of phenolic OH excluding ortho intramolecular Hbond substituents is 1. The fourth-order valence-corrected chi connectivity index (χ4v) is 6.26. The average Bonchev–Trinajstić information content (AvgIpc) is 3.18. The molecule has 1 atom stereocenters. The highest BCUT2D eigenvalue weighted by Gasteiger charge is 2.32. The summed E-state index contributed by atoms with van der Waals surface area (Å²) in [5, 5.41) is 10.3. The van der Waals surface area contributed by atoms with E-state index in [1.165, 1.54) is 27.4 Å². The van der Waals surface area contributed by atoms with Crippen LogP contribution in [0.2, 0.25) is 0 Å². The number of thiazole rings is 1. The molecule has 0 saturated carbocycles. The van der Waals surface area contributed by atoms with Crippen LogP contribution in [0.3, 0.4) is 0 Å². The lowest BCUT2D eigenvalue weighted by molar-refractivity contribution is 0.474.